The molecule has 0 saturated heterocycles. The Labute approximate surface area is 111 Å². The van der Waals surface area contributed by atoms with Crippen molar-refractivity contribution in [3.05, 3.63) is 45.1 Å². The molecule has 0 radical (unpaired) electrons. The Kier molecular flexibility index (Phi) is 3.85. The second-order valence-corrected chi connectivity index (χ2v) is 4.96. The quantitative estimate of drug-likeness (QED) is 0.794. The Bertz CT molecular complexity index is 698. The van der Waals surface area contributed by atoms with Gasteiger partial charge in [-0.2, -0.15) is 0 Å². The van der Waals surface area contributed by atoms with E-state index in [-0.39, 0.29) is 11.2 Å². The van der Waals surface area contributed by atoms with E-state index in [1.807, 2.05) is 39.2 Å². The Morgan fingerprint density at radius 3 is 2.42 bits per heavy atom. The largest absolute Gasteiger partial charge is 0.338 e. The van der Waals surface area contributed by atoms with Gasteiger partial charge >= 0.3 is 5.69 Å². The van der Waals surface area contributed by atoms with Crippen LogP contribution in [0.2, 0.25) is 0 Å². The molecule has 0 aliphatic rings. The third kappa shape index (κ3) is 2.46. The summed E-state index contributed by atoms with van der Waals surface area (Å²) < 4.78 is 3.00. The van der Waals surface area contributed by atoms with E-state index in [9.17, 15) is 9.59 Å². The van der Waals surface area contributed by atoms with Gasteiger partial charge in [0, 0.05) is 6.54 Å². The third-order valence-corrected chi connectivity index (χ3v) is 3.28. The van der Waals surface area contributed by atoms with Crippen molar-refractivity contribution >= 4 is 10.9 Å². The zero-order valence-electron chi connectivity index (χ0n) is 11.6. The predicted octanol–water partition coefficient (Wildman–Crippen LogP) is -0.672. The van der Waals surface area contributed by atoms with Gasteiger partial charge in [0.15, 0.2) is 0 Å². The summed E-state index contributed by atoms with van der Waals surface area (Å²) in [5.41, 5.74) is 0.312. The molecule has 1 N–H and O–H groups in total. The molecule has 0 saturated carbocycles. The number of hydrogen-bond donors (Lipinski definition) is 1. The van der Waals surface area contributed by atoms with Crippen LogP contribution in [0.25, 0.3) is 10.9 Å². The number of aromatic nitrogens is 2. The molecule has 0 aliphatic carbocycles. The smallest absolute Gasteiger partial charge is 0.331 e. The lowest BCUT2D eigenvalue weighted by Gasteiger charge is -2.14. The van der Waals surface area contributed by atoms with Crippen molar-refractivity contribution < 1.29 is 4.90 Å². The molecule has 0 bridgehead atoms. The lowest BCUT2D eigenvalue weighted by atomic mass is 10.2. The highest BCUT2D eigenvalue weighted by atomic mass is 16.2. The first-order chi connectivity index (χ1) is 9.06. The molecule has 0 spiro atoms. The normalized spacial score (nSPS) is 11.4. The zero-order valence-corrected chi connectivity index (χ0v) is 11.6. The highest BCUT2D eigenvalue weighted by Gasteiger charge is 2.11. The standard InChI is InChI=1S/C14H19N3O2/c1-4-16-13(18)11-7-5-6-8-12(11)17(14(16)19)10-9-15(2)3/h5-8H,4,9-10H2,1-3H3/p+1. The maximum Gasteiger partial charge on any atom is 0.331 e. The average molecular weight is 262 g/mol. The molecule has 2 rings (SSSR count). The molecular weight excluding hydrogens is 242 g/mol. The van der Waals surface area contributed by atoms with E-state index >= 15 is 0 Å². The molecule has 0 fully saturated rings. The van der Waals surface area contributed by atoms with Crippen molar-refractivity contribution in [2.24, 2.45) is 0 Å². The highest BCUT2D eigenvalue weighted by Crippen LogP contribution is 2.06. The third-order valence-electron chi connectivity index (χ3n) is 3.28. The fourth-order valence-electron chi connectivity index (χ4n) is 2.20. The van der Waals surface area contributed by atoms with Crippen molar-refractivity contribution in [2.45, 2.75) is 20.0 Å². The SMILES string of the molecule is CCn1c(=O)c2ccccc2n(CC[NH+](C)C)c1=O. The van der Waals surface area contributed by atoms with E-state index in [2.05, 4.69) is 0 Å². The molecule has 0 atom stereocenters. The van der Waals surface area contributed by atoms with Gasteiger partial charge < -0.3 is 4.90 Å². The van der Waals surface area contributed by atoms with Crippen molar-refractivity contribution in [1.29, 1.82) is 0 Å². The van der Waals surface area contributed by atoms with E-state index in [0.717, 1.165) is 12.1 Å². The van der Waals surface area contributed by atoms with E-state index in [0.29, 0.717) is 18.5 Å². The molecule has 1 aromatic carbocycles. The summed E-state index contributed by atoms with van der Waals surface area (Å²) in [6, 6.07) is 7.30. The number of nitrogens with zero attached hydrogens (tertiary/aromatic N) is 2. The molecule has 2 aromatic rings. The van der Waals surface area contributed by atoms with E-state index in [1.54, 1.807) is 10.6 Å². The minimum atomic E-state index is -0.215. The minimum absolute atomic E-state index is 0.198. The first-order valence-corrected chi connectivity index (χ1v) is 6.57. The molecule has 1 heterocycles. The zero-order chi connectivity index (χ0) is 14.0. The minimum Gasteiger partial charge on any atom is -0.338 e. The van der Waals surface area contributed by atoms with Crippen LogP contribution in [0.15, 0.2) is 33.9 Å². The van der Waals surface area contributed by atoms with Crippen LogP contribution >= 0.6 is 0 Å². The van der Waals surface area contributed by atoms with Gasteiger partial charge in [-0.1, -0.05) is 12.1 Å². The number of rotatable bonds is 4. The fourth-order valence-corrected chi connectivity index (χ4v) is 2.20. The van der Waals surface area contributed by atoms with Crippen LogP contribution in [0.3, 0.4) is 0 Å². The number of benzene rings is 1. The van der Waals surface area contributed by atoms with Gasteiger partial charge in [-0.25, -0.2) is 4.79 Å². The summed E-state index contributed by atoms with van der Waals surface area (Å²) in [4.78, 5) is 25.8. The molecule has 102 valence electrons. The fraction of sp³-hybridized carbons (Fsp3) is 0.429. The molecule has 19 heavy (non-hydrogen) atoms. The second-order valence-electron chi connectivity index (χ2n) is 4.96. The van der Waals surface area contributed by atoms with Gasteiger partial charge in [-0.15, -0.1) is 0 Å². The van der Waals surface area contributed by atoms with Crippen LogP contribution in [0.4, 0.5) is 0 Å². The van der Waals surface area contributed by atoms with Gasteiger partial charge in [0.1, 0.15) is 0 Å². The number of hydrogen-bond acceptors (Lipinski definition) is 2. The number of likely N-dealkylation sites (N-methyl/N-ethyl adjacent to an activating group) is 1. The highest BCUT2D eigenvalue weighted by molar-refractivity contribution is 5.77. The molecule has 0 unspecified atom stereocenters. The van der Waals surface area contributed by atoms with Gasteiger partial charge in [0.05, 0.1) is 38.1 Å². The van der Waals surface area contributed by atoms with Crippen LogP contribution in [0.1, 0.15) is 6.92 Å². The van der Waals surface area contributed by atoms with Crippen LogP contribution in [-0.4, -0.2) is 29.8 Å². The summed E-state index contributed by atoms with van der Waals surface area (Å²) in [6.45, 7) is 3.67. The summed E-state index contributed by atoms with van der Waals surface area (Å²) in [7, 11) is 4.09. The molecule has 5 nitrogen and oxygen atoms in total. The topological polar surface area (TPSA) is 48.4 Å². The lowest BCUT2D eigenvalue weighted by Crippen LogP contribution is -3.06. The molecule has 0 amide bonds. The monoisotopic (exact) mass is 262 g/mol. The summed E-state index contributed by atoms with van der Waals surface area (Å²) in [6.07, 6.45) is 0. The molecular formula is C14H20N3O2+. The van der Waals surface area contributed by atoms with E-state index < -0.39 is 0 Å². The van der Waals surface area contributed by atoms with Gasteiger partial charge in [0.25, 0.3) is 5.56 Å². The first-order valence-electron chi connectivity index (χ1n) is 6.57. The average Bonchev–Trinajstić information content (AvgIpc) is 2.39. The first kappa shape index (κ1) is 13.5. The predicted molar refractivity (Wildman–Crippen MR) is 75.8 cm³/mol. The lowest BCUT2D eigenvalue weighted by molar-refractivity contribution is -0.858. The van der Waals surface area contributed by atoms with Crippen LogP contribution in [-0.2, 0) is 13.1 Å². The van der Waals surface area contributed by atoms with Crippen LogP contribution < -0.4 is 16.1 Å². The van der Waals surface area contributed by atoms with Gasteiger partial charge in [0.2, 0.25) is 0 Å². The Morgan fingerprint density at radius 2 is 1.79 bits per heavy atom. The van der Waals surface area contributed by atoms with Crippen LogP contribution in [0, 0.1) is 0 Å². The van der Waals surface area contributed by atoms with Gasteiger partial charge in [-0.3, -0.25) is 13.9 Å². The Hall–Kier alpha value is -1.88. The Morgan fingerprint density at radius 1 is 1.11 bits per heavy atom. The van der Waals surface area contributed by atoms with Crippen LogP contribution in [0.5, 0.6) is 0 Å². The second kappa shape index (κ2) is 5.40. The maximum atomic E-state index is 12.4. The number of nitrogens with one attached hydrogen (secondary N) is 1. The number of fused-ring (bicyclic) bond motifs is 1. The summed E-state index contributed by atoms with van der Waals surface area (Å²) >= 11 is 0. The molecule has 0 aliphatic heterocycles. The number of quaternary nitrogens is 1. The van der Waals surface area contributed by atoms with Crippen molar-refractivity contribution in [3.8, 4) is 0 Å². The Balaban J connectivity index is 2.73. The van der Waals surface area contributed by atoms with Gasteiger partial charge in [-0.05, 0) is 19.1 Å². The van der Waals surface area contributed by atoms with E-state index in [4.69, 9.17) is 0 Å². The molecule has 1 aromatic heterocycles. The van der Waals surface area contributed by atoms with Crippen molar-refractivity contribution in [3.63, 3.8) is 0 Å². The number of para-hydroxylation sites is 1. The molecule has 5 heteroatoms. The summed E-state index contributed by atoms with van der Waals surface area (Å²) in [5, 5.41) is 0.609. The van der Waals surface area contributed by atoms with E-state index in [1.165, 1.54) is 9.47 Å². The maximum absolute atomic E-state index is 12.4. The summed E-state index contributed by atoms with van der Waals surface area (Å²) in [5.74, 6) is 0. The van der Waals surface area contributed by atoms with Crippen molar-refractivity contribution in [2.75, 3.05) is 20.6 Å². The van der Waals surface area contributed by atoms with Crippen molar-refractivity contribution in [1.82, 2.24) is 9.13 Å².